The molecule has 92 valence electrons. The van der Waals surface area contributed by atoms with Gasteiger partial charge in [0.2, 0.25) is 0 Å². The number of anilines is 1. The van der Waals surface area contributed by atoms with E-state index >= 15 is 0 Å². The summed E-state index contributed by atoms with van der Waals surface area (Å²) in [6.45, 7) is 1.12. The number of aromatic nitrogens is 1. The molecule has 0 fully saturated rings. The minimum atomic E-state index is -0.508. The Labute approximate surface area is 103 Å². The van der Waals surface area contributed by atoms with Gasteiger partial charge in [-0.25, -0.2) is 4.98 Å². The molecule has 0 aromatic carbocycles. The van der Waals surface area contributed by atoms with Crippen LogP contribution in [0.3, 0.4) is 0 Å². The Balaban J connectivity index is 2.46. The van der Waals surface area contributed by atoms with Crippen LogP contribution >= 0.6 is 12.2 Å². The number of nitrogens with zero attached hydrogens (tertiary/aromatic N) is 2. The number of nitro groups is 1. The zero-order chi connectivity index (χ0) is 12.7. The Morgan fingerprint density at radius 2 is 2.41 bits per heavy atom. The zero-order valence-electron chi connectivity index (χ0n) is 9.17. The second kappa shape index (κ2) is 6.71. The monoisotopic (exact) mass is 256 g/mol. The van der Waals surface area contributed by atoms with Crippen molar-refractivity contribution in [1.82, 2.24) is 10.3 Å². The Morgan fingerprint density at radius 1 is 1.65 bits per heavy atom. The molecule has 0 aliphatic carbocycles. The highest BCUT2D eigenvalue weighted by Gasteiger charge is 2.05. The summed E-state index contributed by atoms with van der Waals surface area (Å²) in [6.07, 6.45) is 1.17. The number of methoxy groups -OCH3 is 1. The average molecular weight is 256 g/mol. The third-order valence-electron chi connectivity index (χ3n) is 1.79. The van der Waals surface area contributed by atoms with Crippen molar-refractivity contribution in [1.29, 1.82) is 0 Å². The second-order valence-corrected chi connectivity index (χ2v) is 3.44. The normalized spacial score (nSPS) is 9.71. The lowest BCUT2D eigenvalue weighted by Gasteiger charge is -2.08. The van der Waals surface area contributed by atoms with E-state index in [0.717, 1.165) is 0 Å². The maximum Gasteiger partial charge on any atom is 0.287 e. The number of hydrogen-bond donors (Lipinski definition) is 2. The van der Waals surface area contributed by atoms with Crippen molar-refractivity contribution < 1.29 is 9.66 Å². The van der Waals surface area contributed by atoms with Gasteiger partial charge in [0.1, 0.15) is 12.0 Å². The number of pyridine rings is 1. The minimum absolute atomic E-state index is 0.0613. The van der Waals surface area contributed by atoms with Crippen LogP contribution in [0.25, 0.3) is 0 Å². The summed E-state index contributed by atoms with van der Waals surface area (Å²) >= 11 is 4.98. The van der Waals surface area contributed by atoms with Crippen LogP contribution in [0.1, 0.15) is 0 Å². The van der Waals surface area contributed by atoms with E-state index in [-0.39, 0.29) is 5.69 Å². The molecule has 1 aromatic heterocycles. The van der Waals surface area contributed by atoms with Crippen LogP contribution in [0, 0.1) is 10.1 Å². The molecule has 0 radical (unpaired) electrons. The van der Waals surface area contributed by atoms with Crippen molar-refractivity contribution in [3.05, 3.63) is 28.4 Å². The van der Waals surface area contributed by atoms with E-state index < -0.39 is 4.92 Å². The van der Waals surface area contributed by atoms with Crippen LogP contribution in [0.4, 0.5) is 11.5 Å². The zero-order valence-corrected chi connectivity index (χ0v) is 9.99. The molecule has 2 N–H and O–H groups in total. The highest BCUT2D eigenvalue weighted by atomic mass is 32.1. The first-order valence-corrected chi connectivity index (χ1v) is 5.18. The van der Waals surface area contributed by atoms with Crippen LogP contribution in [-0.2, 0) is 4.74 Å². The molecule has 0 aliphatic heterocycles. The Kier molecular flexibility index (Phi) is 5.24. The van der Waals surface area contributed by atoms with Gasteiger partial charge in [0.25, 0.3) is 5.69 Å². The van der Waals surface area contributed by atoms with E-state index in [1.54, 1.807) is 7.11 Å². The van der Waals surface area contributed by atoms with Gasteiger partial charge in [-0.3, -0.25) is 10.1 Å². The van der Waals surface area contributed by atoms with Crippen LogP contribution < -0.4 is 10.6 Å². The predicted molar refractivity (Wildman–Crippen MR) is 67.0 cm³/mol. The molecule has 0 saturated carbocycles. The molecule has 1 heterocycles. The van der Waals surface area contributed by atoms with Crippen LogP contribution in [0.15, 0.2) is 18.3 Å². The Morgan fingerprint density at radius 3 is 2.94 bits per heavy atom. The Hall–Kier alpha value is -1.80. The number of thiocarbonyl (C=S) groups is 1. The molecule has 0 saturated heterocycles. The molecule has 0 aliphatic rings. The summed E-state index contributed by atoms with van der Waals surface area (Å²) in [5.41, 5.74) is -0.0613. The smallest absolute Gasteiger partial charge is 0.287 e. The van der Waals surface area contributed by atoms with Gasteiger partial charge in [-0.15, -0.1) is 0 Å². The summed E-state index contributed by atoms with van der Waals surface area (Å²) in [5, 5.41) is 16.5. The quantitative estimate of drug-likeness (QED) is 0.350. The van der Waals surface area contributed by atoms with Crippen LogP contribution in [-0.4, -0.2) is 35.3 Å². The average Bonchev–Trinajstić information content (AvgIpc) is 2.30. The third-order valence-corrected chi connectivity index (χ3v) is 2.04. The molecule has 0 unspecified atom stereocenters. The molecule has 17 heavy (non-hydrogen) atoms. The molecule has 0 bridgehead atoms. The maximum absolute atomic E-state index is 10.4. The number of ether oxygens (including phenoxy) is 1. The third kappa shape index (κ3) is 4.70. The number of hydrogen-bond acceptors (Lipinski definition) is 5. The van der Waals surface area contributed by atoms with Crippen molar-refractivity contribution in [2.24, 2.45) is 0 Å². The fourth-order valence-corrected chi connectivity index (χ4v) is 1.20. The first kappa shape index (κ1) is 13.3. The highest BCUT2D eigenvalue weighted by molar-refractivity contribution is 7.80. The fourth-order valence-electron chi connectivity index (χ4n) is 0.995. The summed E-state index contributed by atoms with van der Waals surface area (Å²) < 4.78 is 4.84. The van der Waals surface area contributed by atoms with Gasteiger partial charge < -0.3 is 15.4 Å². The van der Waals surface area contributed by atoms with Crippen molar-refractivity contribution in [2.75, 3.05) is 25.6 Å². The van der Waals surface area contributed by atoms with Crippen molar-refractivity contribution in [3.63, 3.8) is 0 Å². The molecule has 8 heteroatoms. The van der Waals surface area contributed by atoms with Crippen LogP contribution in [0.5, 0.6) is 0 Å². The van der Waals surface area contributed by atoms with Gasteiger partial charge in [0.15, 0.2) is 5.11 Å². The summed E-state index contributed by atoms with van der Waals surface area (Å²) in [7, 11) is 1.59. The van der Waals surface area contributed by atoms with Crippen molar-refractivity contribution in [2.45, 2.75) is 0 Å². The predicted octanol–water partition coefficient (Wildman–Crippen LogP) is 0.923. The molecular weight excluding hydrogens is 244 g/mol. The van der Waals surface area contributed by atoms with E-state index in [1.165, 1.54) is 18.3 Å². The van der Waals surface area contributed by atoms with Crippen molar-refractivity contribution >= 4 is 28.8 Å². The molecule has 0 spiro atoms. The highest BCUT2D eigenvalue weighted by Crippen LogP contribution is 2.11. The van der Waals surface area contributed by atoms with Gasteiger partial charge in [0.05, 0.1) is 11.5 Å². The summed E-state index contributed by atoms with van der Waals surface area (Å²) in [4.78, 5) is 13.8. The number of rotatable bonds is 5. The molecule has 1 rings (SSSR count). The van der Waals surface area contributed by atoms with Crippen molar-refractivity contribution in [3.8, 4) is 0 Å². The van der Waals surface area contributed by atoms with Crippen LogP contribution in [0.2, 0.25) is 0 Å². The summed E-state index contributed by atoms with van der Waals surface area (Å²) in [6, 6.07) is 2.84. The molecule has 1 aromatic rings. The molecular formula is C9H12N4O3S. The minimum Gasteiger partial charge on any atom is -0.383 e. The lowest BCUT2D eigenvalue weighted by Crippen LogP contribution is -2.31. The fraction of sp³-hybridized carbons (Fsp3) is 0.333. The lowest BCUT2D eigenvalue weighted by molar-refractivity contribution is -0.385. The van der Waals surface area contributed by atoms with Gasteiger partial charge in [-0.1, -0.05) is 0 Å². The number of nitrogens with one attached hydrogen (secondary N) is 2. The van der Waals surface area contributed by atoms with Gasteiger partial charge in [0, 0.05) is 19.7 Å². The van der Waals surface area contributed by atoms with Gasteiger partial charge in [-0.2, -0.15) is 0 Å². The SMILES string of the molecule is COCCNC(=S)Nc1ccc([N+](=O)[O-])cn1. The lowest BCUT2D eigenvalue weighted by atomic mass is 10.4. The Bertz CT molecular complexity index is 396. The van der Waals surface area contributed by atoms with Gasteiger partial charge in [-0.05, 0) is 18.3 Å². The van der Waals surface area contributed by atoms with E-state index in [2.05, 4.69) is 15.6 Å². The second-order valence-electron chi connectivity index (χ2n) is 3.03. The van der Waals surface area contributed by atoms with Gasteiger partial charge >= 0.3 is 0 Å². The maximum atomic E-state index is 10.4. The first-order valence-electron chi connectivity index (χ1n) is 4.77. The molecule has 0 amide bonds. The largest absolute Gasteiger partial charge is 0.383 e. The topological polar surface area (TPSA) is 89.3 Å². The standard InChI is InChI=1S/C9H12N4O3S/c1-16-5-4-10-9(17)12-8-3-2-7(6-11-8)13(14)15/h2-3,6H,4-5H2,1H3,(H2,10,11,12,17). The van der Waals surface area contributed by atoms with E-state index in [0.29, 0.717) is 24.1 Å². The van der Waals surface area contributed by atoms with E-state index in [1.807, 2.05) is 0 Å². The van der Waals surface area contributed by atoms with E-state index in [4.69, 9.17) is 17.0 Å². The van der Waals surface area contributed by atoms with E-state index in [9.17, 15) is 10.1 Å². The summed E-state index contributed by atoms with van der Waals surface area (Å²) in [5.74, 6) is 0.450. The molecule has 7 nitrogen and oxygen atoms in total. The molecule has 0 atom stereocenters. The first-order chi connectivity index (χ1) is 8.13.